The summed E-state index contributed by atoms with van der Waals surface area (Å²) in [6.07, 6.45) is 0. The number of aryl methyl sites for hydroxylation is 3. The summed E-state index contributed by atoms with van der Waals surface area (Å²) in [6.45, 7) is 5.89. The standard InChI is InChI=1S/C24H20ClN3O2S/c1-13-4-7-21-20(11-13)27-23(30-21)18-12-17(5-6-19(18)25)26-24(31)28-22(29)16-9-14(2)8-15(3)10-16/h4-12H,1-3H3,(H2,26,28,29,31). The molecule has 0 spiro atoms. The Labute approximate surface area is 190 Å². The molecule has 0 fully saturated rings. The molecule has 0 saturated carbocycles. The zero-order valence-corrected chi connectivity index (χ0v) is 18.8. The quantitative estimate of drug-likeness (QED) is 0.364. The van der Waals surface area contributed by atoms with Crippen molar-refractivity contribution in [3.63, 3.8) is 0 Å². The van der Waals surface area contributed by atoms with Gasteiger partial charge in [0, 0.05) is 11.3 Å². The van der Waals surface area contributed by atoms with Gasteiger partial charge in [0.2, 0.25) is 5.89 Å². The lowest BCUT2D eigenvalue weighted by molar-refractivity contribution is 0.0977. The molecule has 0 bridgehead atoms. The smallest absolute Gasteiger partial charge is 0.257 e. The third-order valence-electron chi connectivity index (χ3n) is 4.71. The number of rotatable bonds is 3. The highest BCUT2D eigenvalue weighted by molar-refractivity contribution is 7.80. The number of fused-ring (bicyclic) bond motifs is 1. The van der Waals surface area contributed by atoms with Crippen LogP contribution >= 0.6 is 23.8 Å². The molecule has 0 atom stereocenters. The first-order valence-corrected chi connectivity index (χ1v) is 10.4. The van der Waals surface area contributed by atoms with Crippen LogP contribution in [0, 0.1) is 20.8 Å². The number of halogens is 1. The lowest BCUT2D eigenvalue weighted by Gasteiger charge is -2.11. The van der Waals surface area contributed by atoms with E-state index in [9.17, 15) is 4.79 Å². The molecular formula is C24H20ClN3O2S. The second-order valence-corrected chi connectivity index (χ2v) is 8.28. The molecule has 1 aromatic heterocycles. The van der Waals surface area contributed by atoms with Gasteiger partial charge in [-0.05, 0) is 81.0 Å². The Kier molecular flexibility index (Phi) is 5.76. The SMILES string of the molecule is Cc1cc(C)cc(C(=O)NC(=S)Nc2ccc(Cl)c(-c3nc4cc(C)ccc4o3)c2)c1. The van der Waals surface area contributed by atoms with E-state index < -0.39 is 0 Å². The van der Waals surface area contributed by atoms with Crippen LogP contribution in [0.4, 0.5) is 5.69 Å². The molecule has 7 heteroatoms. The first-order chi connectivity index (χ1) is 14.8. The van der Waals surface area contributed by atoms with Crippen molar-refractivity contribution in [2.24, 2.45) is 0 Å². The summed E-state index contributed by atoms with van der Waals surface area (Å²) in [7, 11) is 0. The molecular weight excluding hydrogens is 430 g/mol. The first kappa shape index (κ1) is 21.0. The molecule has 2 N–H and O–H groups in total. The number of amides is 1. The van der Waals surface area contributed by atoms with Crippen molar-refractivity contribution in [1.29, 1.82) is 0 Å². The van der Waals surface area contributed by atoms with E-state index in [0.29, 0.717) is 33.3 Å². The van der Waals surface area contributed by atoms with E-state index in [4.69, 9.17) is 28.2 Å². The zero-order valence-electron chi connectivity index (χ0n) is 17.2. The summed E-state index contributed by atoms with van der Waals surface area (Å²) in [6, 6.07) is 16.7. The van der Waals surface area contributed by atoms with Crippen LogP contribution in [-0.4, -0.2) is 16.0 Å². The summed E-state index contributed by atoms with van der Waals surface area (Å²) in [4.78, 5) is 17.1. The van der Waals surface area contributed by atoms with Gasteiger partial charge in [0.1, 0.15) is 5.52 Å². The number of carbonyl (C=O) groups is 1. The fourth-order valence-electron chi connectivity index (χ4n) is 3.36. The topological polar surface area (TPSA) is 67.2 Å². The van der Waals surface area contributed by atoms with E-state index in [1.165, 1.54) is 0 Å². The monoisotopic (exact) mass is 449 g/mol. The Bertz CT molecular complexity index is 1310. The number of hydrogen-bond donors (Lipinski definition) is 2. The van der Waals surface area contributed by atoms with Crippen LogP contribution in [0.3, 0.4) is 0 Å². The Morgan fingerprint density at radius 3 is 2.45 bits per heavy atom. The highest BCUT2D eigenvalue weighted by Gasteiger charge is 2.14. The molecule has 0 aliphatic carbocycles. The van der Waals surface area contributed by atoms with Gasteiger partial charge < -0.3 is 9.73 Å². The summed E-state index contributed by atoms with van der Waals surface area (Å²) < 4.78 is 5.87. The maximum Gasteiger partial charge on any atom is 0.257 e. The van der Waals surface area contributed by atoms with Crippen LogP contribution < -0.4 is 10.6 Å². The molecule has 0 aliphatic heterocycles. The van der Waals surface area contributed by atoms with Crippen molar-refractivity contribution >= 4 is 51.6 Å². The molecule has 4 aromatic rings. The molecule has 1 amide bonds. The second kappa shape index (κ2) is 8.49. The minimum Gasteiger partial charge on any atom is -0.436 e. The minimum absolute atomic E-state index is 0.186. The molecule has 0 unspecified atom stereocenters. The van der Waals surface area contributed by atoms with Crippen molar-refractivity contribution in [2.45, 2.75) is 20.8 Å². The predicted octanol–water partition coefficient (Wildman–Crippen LogP) is 6.20. The highest BCUT2D eigenvalue weighted by atomic mass is 35.5. The Morgan fingerprint density at radius 1 is 0.968 bits per heavy atom. The zero-order chi connectivity index (χ0) is 22.1. The van der Waals surface area contributed by atoms with E-state index in [0.717, 1.165) is 22.2 Å². The van der Waals surface area contributed by atoms with Crippen LogP contribution in [0.5, 0.6) is 0 Å². The molecule has 0 saturated heterocycles. The maximum atomic E-state index is 12.5. The number of carbonyl (C=O) groups excluding carboxylic acids is 1. The molecule has 1 heterocycles. The number of nitrogens with zero attached hydrogens (tertiary/aromatic N) is 1. The van der Waals surface area contributed by atoms with Gasteiger partial charge in [-0.3, -0.25) is 10.1 Å². The molecule has 0 radical (unpaired) electrons. The van der Waals surface area contributed by atoms with Crippen molar-refractivity contribution in [1.82, 2.24) is 10.3 Å². The van der Waals surface area contributed by atoms with Crippen molar-refractivity contribution < 1.29 is 9.21 Å². The predicted molar refractivity (Wildman–Crippen MR) is 129 cm³/mol. The maximum absolute atomic E-state index is 12.5. The van der Waals surface area contributed by atoms with E-state index in [1.54, 1.807) is 18.2 Å². The van der Waals surface area contributed by atoms with E-state index in [1.807, 2.05) is 57.2 Å². The van der Waals surface area contributed by atoms with Gasteiger partial charge in [-0.1, -0.05) is 34.9 Å². The Hall–Kier alpha value is -3.22. The average Bonchev–Trinajstić information content (AvgIpc) is 3.11. The number of anilines is 1. The van der Waals surface area contributed by atoms with Gasteiger partial charge in [-0.25, -0.2) is 4.98 Å². The van der Waals surface area contributed by atoms with E-state index in [-0.39, 0.29) is 11.0 Å². The van der Waals surface area contributed by atoms with Crippen LogP contribution in [-0.2, 0) is 0 Å². The lowest BCUT2D eigenvalue weighted by atomic mass is 10.1. The van der Waals surface area contributed by atoms with Gasteiger partial charge in [-0.2, -0.15) is 0 Å². The largest absolute Gasteiger partial charge is 0.436 e. The first-order valence-electron chi connectivity index (χ1n) is 9.66. The molecule has 5 nitrogen and oxygen atoms in total. The fraction of sp³-hybridized carbons (Fsp3) is 0.125. The number of thiocarbonyl (C=S) groups is 1. The molecule has 31 heavy (non-hydrogen) atoms. The highest BCUT2D eigenvalue weighted by Crippen LogP contribution is 2.32. The summed E-state index contributed by atoms with van der Waals surface area (Å²) in [5.74, 6) is 0.146. The average molecular weight is 450 g/mol. The van der Waals surface area contributed by atoms with Gasteiger partial charge >= 0.3 is 0 Å². The van der Waals surface area contributed by atoms with Crippen LogP contribution in [0.15, 0.2) is 59.0 Å². The van der Waals surface area contributed by atoms with Gasteiger partial charge in [-0.15, -0.1) is 0 Å². The number of oxazole rings is 1. The van der Waals surface area contributed by atoms with E-state index in [2.05, 4.69) is 15.6 Å². The Balaban J connectivity index is 1.53. The summed E-state index contributed by atoms with van der Waals surface area (Å²) in [5.41, 5.74) is 6.42. The Morgan fingerprint density at radius 2 is 1.71 bits per heavy atom. The van der Waals surface area contributed by atoms with Crippen LogP contribution in [0.1, 0.15) is 27.0 Å². The van der Waals surface area contributed by atoms with Gasteiger partial charge in [0.05, 0.1) is 10.6 Å². The summed E-state index contributed by atoms with van der Waals surface area (Å²) in [5, 5.41) is 6.42. The number of hydrogen-bond acceptors (Lipinski definition) is 4. The van der Waals surface area contributed by atoms with Gasteiger partial charge in [0.25, 0.3) is 5.91 Å². The van der Waals surface area contributed by atoms with Crippen molar-refractivity contribution in [2.75, 3.05) is 5.32 Å². The number of benzene rings is 3. The number of nitrogens with one attached hydrogen (secondary N) is 2. The third kappa shape index (κ3) is 4.76. The van der Waals surface area contributed by atoms with E-state index >= 15 is 0 Å². The fourth-order valence-corrected chi connectivity index (χ4v) is 3.77. The number of aromatic nitrogens is 1. The molecule has 4 rings (SSSR count). The third-order valence-corrected chi connectivity index (χ3v) is 5.24. The van der Waals surface area contributed by atoms with Crippen LogP contribution in [0.2, 0.25) is 5.02 Å². The molecule has 0 aliphatic rings. The lowest BCUT2D eigenvalue weighted by Crippen LogP contribution is -2.34. The van der Waals surface area contributed by atoms with Gasteiger partial charge in [0.15, 0.2) is 10.7 Å². The summed E-state index contributed by atoms with van der Waals surface area (Å²) >= 11 is 11.7. The van der Waals surface area contributed by atoms with Crippen molar-refractivity contribution in [3.8, 4) is 11.5 Å². The molecule has 156 valence electrons. The van der Waals surface area contributed by atoms with Crippen LogP contribution in [0.25, 0.3) is 22.6 Å². The normalized spacial score (nSPS) is 10.8. The second-order valence-electron chi connectivity index (χ2n) is 7.47. The molecule has 3 aromatic carbocycles. The minimum atomic E-state index is -0.271. The van der Waals surface area contributed by atoms with Crippen molar-refractivity contribution in [3.05, 3.63) is 81.9 Å².